The molecule has 1 rings (SSSR count). The minimum atomic E-state index is -0.302. The Labute approximate surface area is 90.0 Å². The third kappa shape index (κ3) is 2.31. The van der Waals surface area contributed by atoms with E-state index in [0.717, 1.165) is 11.5 Å². The Bertz CT molecular complexity index is 419. The Hall–Kier alpha value is -1.38. The number of hydrogen-bond acceptors (Lipinski definition) is 4. The van der Waals surface area contributed by atoms with E-state index in [0.29, 0.717) is 5.00 Å². The van der Waals surface area contributed by atoms with Gasteiger partial charge in [0.2, 0.25) is 5.91 Å². The van der Waals surface area contributed by atoms with Gasteiger partial charge in [-0.05, 0) is 24.5 Å². The second-order valence-corrected chi connectivity index (χ2v) is 3.41. The monoisotopic (exact) mass is 227 g/mol. The molecular weight excluding hydrogens is 222 g/mol. The van der Waals surface area contributed by atoms with Crippen molar-refractivity contribution >= 4 is 34.0 Å². The molecule has 1 heterocycles. The fraction of sp³-hybridized carbons (Fsp3) is 0.125. The summed E-state index contributed by atoms with van der Waals surface area (Å²) in [5.41, 5.74) is 0.203. The zero-order valence-electron chi connectivity index (χ0n) is 7.24. The fourth-order valence-corrected chi connectivity index (χ4v) is 1.70. The van der Waals surface area contributed by atoms with Crippen LogP contribution in [0, 0.1) is 11.3 Å². The van der Waals surface area contributed by atoms with Gasteiger partial charge in [-0.15, -0.1) is 0 Å². The first-order valence-corrected chi connectivity index (χ1v) is 4.83. The molecule has 72 valence electrons. The molecule has 1 aromatic rings. The van der Waals surface area contributed by atoms with Crippen molar-refractivity contribution in [1.29, 1.82) is 5.26 Å². The molecule has 14 heavy (non-hydrogen) atoms. The topological polar surface area (TPSA) is 65.8 Å². The van der Waals surface area contributed by atoms with Crippen LogP contribution < -0.4 is 5.32 Å². The highest BCUT2D eigenvalue weighted by atomic mass is 35.5. The Morgan fingerprint density at radius 2 is 2.50 bits per heavy atom. The smallest absolute Gasteiger partial charge is 0.248 e. The number of amides is 1. The van der Waals surface area contributed by atoms with E-state index in [1.54, 1.807) is 13.0 Å². The minimum absolute atomic E-state index is 0.119. The summed E-state index contributed by atoms with van der Waals surface area (Å²) in [6.45, 7) is 1.73. The maximum absolute atomic E-state index is 11.1. The van der Waals surface area contributed by atoms with E-state index in [2.05, 4.69) is 9.69 Å². The summed E-state index contributed by atoms with van der Waals surface area (Å²) in [5.74, 6) is -0.302. The van der Waals surface area contributed by atoms with Gasteiger partial charge in [-0.2, -0.15) is 9.64 Å². The lowest BCUT2D eigenvalue weighted by Crippen LogP contribution is -2.07. The van der Waals surface area contributed by atoms with Gasteiger partial charge >= 0.3 is 0 Å². The maximum atomic E-state index is 11.1. The molecule has 0 aliphatic carbocycles. The van der Waals surface area contributed by atoms with Crippen LogP contribution in [0.25, 0.3) is 0 Å². The van der Waals surface area contributed by atoms with Gasteiger partial charge in [0.05, 0.1) is 0 Å². The predicted octanol–water partition coefficient (Wildman–Crippen LogP) is 2.18. The van der Waals surface area contributed by atoms with Crippen LogP contribution in [0.15, 0.2) is 12.2 Å². The van der Waals surface area contributed by atoms with Crippen LogP contribution in [0.1, 0.15) is 12.5 Å². The number of rotatable bonds is 2. The number of nitrogens with one attached hydrogen (secondary N) is 1. The molecule has 0 aliphatic heterocycles. The Morgan fingerprint density at radius 3 is 3.07 bits per heavy atom. The third-order valence-electron chi connectivity index (χ3n) is 1.32. The lowest BCUT2D eigenvalue weighted by Gasteiger charge is -1.96. The first kappa shape index (κ1) is 10.7. The predicted molar refractivity (Wildman–Crippen MR) is 55.3 cm³/mol. The van der Waals surface area contributed by atoms with Crippen LogP contribution in [0.4, 0.5) is 5.00 Å². The van der Waals surface area contributed by atoms with Crippen LogP contribution in [0.2, 0.25) is 5.15 Å². The number of nitriles is 1. The summed E-state index contributed by atoms with van der Waals surface area (Å²) in [6.07, 6.45) is 2.96. The number of anilines is 1. The molecule has 4 nitrogen and oxygen atoms in total. The van der Waals surface area contributed by atoms with Crippen LogP contribution in [0.3, 0.4) is 0 Å². The first-order valence-electron chi connectivity index (χ1n) is 3.68. The highest BCUT2D eigenvalue weighted by Gasteiger charge is 2.12. The number of halogens is 1. The number of aromatic nitrogens is 1. The Balaban J connectivity index is 2.88. The summed E-state index contributed by atoms with van der Waals surface area (Å²) < 4.78 is 3.75. The summed E-state index contributed by atoms with van der Waals surface area (Å²) in [7, 11) is 0. The van der Waals surface area contributed by atoms with Gasteiger partial charge in [-0.25, -0.2) is 0 Å². The van der Waals surface area contributed by atoms with Gasteiger partial charge in [-0.1, -0.05) is 17.7 Å². The number of allylic oxidation sites excluding steroid dienone is 1. The van der Waals surface area contributed by atoms with E-state index in [1.807, 2.05) is 6.07 Å². The van der Waals surface area contributed by atoms with E-state index >= 15 is 0 Å². The van der Waals surface area contributed by atoms with Crippen LogP contribution >= 0.6 is 23.1 Å². The molecule has 0 radical (unpaired) electrons. The summed E-state index contributed by atoms with van der Waals surface area (Å²) in [4.78, 5) is 11.1. The highest BCUT2D eigenvalue weighted by Crippen LogP contribution is 2.27. The molecule has 0 saturated heterocycles. The zero-order valence-corrected chi connectivity index (χ0v) is 8.82. The third-order valence-corrected chi connectivity index (χ3v) is 2.45. The maximum Gasteiger partial charge on any atom is 0.248 e. The number of hydrogen-bond donors (Lipinski definition) is 1. The second kappa shape index (κ2) is 4.74. The molecule has 0 unspecified atom stereocenters. The van der Waals surface area contributed by atoms with Crippen LogP contribution in [-0.4, -0.2) is 10.3 Å². The Morgan fingerprint density at radius 1 is 1.79 bits per heavy atom. The van der Waals surface area contributed by atoms with E-state index < -0.39 is 0 Å². The number of carbonyl (C=O) groups excluding carboxylic acids is 1. The van der Waals surface area contributed by atoms with Crippen LogP contribution in [-0.2, 0) is 4.79 Å². The lowest BCUT2D eigenvalue weighted by molar-refractivity contribution is -0.111. The van der Waals surface area contributed by atoms with Gasteiger partial charge in [0.15, 0.2) is 5.15 Å². The van der Waals surface area contributed by atoms with Crippen LogP contribution in [0.5, 0.6) is 0 Å². The van der Waals surface area contributed by atoms with Gasteiger partial charge < -0.3 is 5.32 Å². The number of carbonyl (C=O) groups is 1. The summed E-state index contributed by atoms with van der Waals surface area (Å²) in [6, 6.07) is 1.87. The molecule has 0 atom stereocenters. The van der Waals surface area contributed by atoms with Crippen molar-refractivity contribution in [1.82, 2.24) is 4.37 Å². The molecule has 0 spiro atoms. The summed E-state index contributed by atoms with van der Waals surface area (Å²) >= 11 is 6.60. The zero-order chi connectivity index (χ0) is 10.6. The van der Waals surface area contributed by atoms with E-state index in [4.69, 9.17) is 16.9 Å². The highest BCUT2D eigenvalue weighted by molar-refractivity contribution is 7.11. The standard InChI is InChI=1S/C8H6ClN3OS/c1-2-3-6(13)11-8-5(4-10)7(9)12-14-8/h2-3H,1H3,(H,11,13)/b3-2-. The normalized spacial score (nSPS) is 10.1. The van der Waals surface area contributed by atoms with Crippen molar-refractivity contribution in [3.63, 3.8) is 0 Å². The van der Waals surface area contributed by atoms with E-state index in [-0.39, 0.29) is 16.6 Å². The largest absolute Gasteiger partial charge is 0.312 e. The summed E-state index contributed by atoms with van der Waals surface area (Å²) in [5, 5.41) is 11.7. The first-order chi connectivity index (χ1) is 6.69. The molecule has 0 aliphatic rings. The molecule has 0 aromatic carbocycles. The van der Waals surface area contributed by atoms with Crippen molar-refractivity contribution in [3.8, 4) is 6.07 Å². The van der Waals surface area contributed by atoms with Crippen molar-refractivity contribution in [2.75, 3.05) is 5.32 Å². The van der Waals surface area contributed by atoms with Gasteiger partial charge in [-0.3, -0.25) is 4.79 Å². The molecule has 1 amide bonds. The van der Waals surface area contributed by atoms with Gasteiger partial charge in [0, 0.05) is 0 Å². The molecule has 1 aromatic heterocycles. The van der Waals surface area contributed by atoms with E-state index in [9.17, 15) is 4.79 Å². The fourth-order valence-electron chi connectivity index (χ4n) is 0.758. The molecule has 0 bridgehead atoms. The second-order valence-electron chi connectivity index (χ2n) is 2.28. The average molecular weight is 228 g/mol. The lowest BCUT2D eigenvalue weighted by atomic mass is 10.4. The molecule has 6 heteroatoms. The van der Waals surface area contributed by atoms with Crippen molar-refractivity contribution in [2.45, 2.75) is 6.92 Å². The van der Waals surface area contributed by atoms with Gasteiger partial charge in [0.1, 0.15) is 16.6 Å². The average Bonchev–Trinajstić information content (AvgIpc) is 2.47. The quantitative estimate of drug-likeness (QED) is 0.788. The van der Waals surface area contributed by atoms with Crippen molar-refractivity contribution < 1.29 is 4.79 Å². The molecule has 0 saturated carbocycles. The number of nitrogens with zero attached hydrogens (tertiary/aromatic N) is 2. The van der Waals surface area contributed by atoms with Crippen molar-refractivity contribution in [3.05, 3.63) is 22.9 Å². The molecule has 1 N–H and O–H groups in total. The molecular formula is C8H6ClN3OS. The van der Waals surface area contributed by atoms with Crippen molar-refractivity contribution in [2.24, 2.45) is 0 Å². The van der Waals surface area contributed by atoms with E-state index in [1.165, 1.54) is 6.08 Å². The molecule has 0 fully saturated rings. The Kier molecular flexibility index (Phi) is 3.63. The minimum Gasteiger partial charge on any atom is -0.312 e. The SMILES string of the molecule is C/C=C\C(=O)Nc1snc(Cl)c1C#N. The van der Waals surface area contributed by atoms with Gasteiger partial charge in [0.25, 0.3) is 0 Å².